The molecule has 0 unspecified atom stereocenters. The van der Waals surface area contributed by atoms with E-state index >= 15 is 0 Å². The normalized spacial score (nSPS) is 23.6. The minimum atomic E-state index is -0.296. The molecule has 2 aliphatic rings. The average Bonchev–Trinajstić information content (AvgIpc) is 2.60. The summed E-state index contributed by atoms with van der Waals surface area (Å²) < 4.78 is 16.8. The Bertz CT molecular complexity index is 603. The fourth-order valence-electron chi connectivity index (χ4n) is 3.01. The van der Waals surface area contributed by atoms with Gasteiger partial charge in [-0.05, 0) is 24.6 Å². The second kappa shape index (κ2) is 6.99. The number of hydrogen-bond donors (Lipinski definition) is 2. The van der Waals surface area contributed by atoms with Crippen molar-refractivity contribution < 1.29 is 19.0 Å². The van der Waals surface area contributed by atoms with Crippen molar-refractivity contribution in [1.29, 1.82) is 0 Å². The number of morpholine rings is 1. The van der Waals surface area contributed by atoms with Gasteiger partial charge in [-0.1, -0.05) is 19.9 Å². The molecule has 0 bridgehead atoms. The minimum Gasteiger partial charge on any atom is -0.486 e. The SMILES string of the molecule is C[C@H]1OCCN[C@@H]1C(=O)NCC(C)(C)c1ccc2c(c1)OCCO2. The molecule has 2 heterocycles. The van der Waals surface area contributed by atoms with Crippen LogP contribution < -0.4 is 20.1 Å². The van der Waals surface area contributed by atoms with Gasteiger partial charge in [0.25, 0.3) is 0 Å². The van der Waals surface area contributed by atoms with Crippen LogP contribution >= 0.6 is 0 Å². The fraction of sp³-hybridized carbons (Fsp3) is 0.611. The average molecular weight is 334 g/mol. The van der Waals surface area contributed by atoms with Crippen molar-refractivity contribution in [2.45, 2.75) is 38.3 Å². The van der Waals surface area contributed by atoms with Gasteiger partial charge < -0.3 is 24.8 Å². The van der Waals surface area contributed by atoms with E-state index in [1.54, 1.807) is 0 Å². The van der Waals surface area contributed by atoms with Crippen LogP contribution in [0.25, 0.3) is 0 Å². The third kappa shape index (κ3) is 3.65. The Morgan fingerprint density at radius 2 is 2.00 bits per heavy atom. The van der Waals surface area contributed by atoms with Crippen molar-refractivity contribution in [3.63, 3.8) is 0 Å². The maximum Gasteiger partial charge on any atom is 0.239 e. The highest BCUT2D eigenvalue weighted by Gasteiger charge is 2.30. The molecule has 0 aromatic heterocycles. The summed E-state index contributed by atoms with van der Waals surface area (Å²) >= 11 is 0. The molecule has 6 nitrogen and oxygen atoms in total. The third-order valence-electron chi connectivity index (χ3n) is 4.63. The summed E-state index contributed by atoms with van der Waals surface area (Å²) in [7, 11) is 0. The Hall–Kier alpha value is -1.79. The van der Waals surface area contributed by atoms with Crippen LogP contribution in [0.3, 0.4) is 0 Å². The molecule has 1 aromatic carbocycles. The van der Waals surface area contributed by atoms with Crippen LogP contribution in [0.5, 0.6) is 11.5 Å². The standard InChI is InChI=1S/C18H26N2O4/c1-12-16(19-6-7-22-12)17(21)20-11-18(2,3)13-4-5-14-15(10-13)24-9-8-23-14/h4-5,10,12,16,19H,6-9,11H2,1-3H3,(H,20,21)/t12-,16+/m1/s1. The van der Waals surface area contributed by atoms with Crippen LogP contribution in [0, 0.1) is 0 Å². The van der Waals surface area contributed by atoms with Crippen LogP contribution in [0.1, 0.15) is 26.3 Å². The molecule has 0 saturated carbocycles. The first-order valence-corrected chi connectivity index (χ1v) is 8.50. The van der Waals surface area contributed by atoms with Crippen molar-refractivity contribution >= 4 is 5.91 Å². The van der Waals surface area contributed by atoms with Crippen molar-refractivity contribution in [1.82, 2.24) is 10.6 Å². The number of nitrogens with one attached hydrogen (secondary N) is 2. The van der Waals surface area contributed by atoms with Gasteiger partial charge in [-0.2, -0.15) is 0 Å². The van der Waals surface area contributed by atoms with Crippen LogP contribution in [-0.4, -0.2) is 51.0 Å². The molecule has 24 heavy (non-hydrogen) atoms. The molecule has 1 fully saturated rings. The van der Waals surface area contributed by atoms with Gasteiger partial charge in [-0.25, -0.2) is 0 Å². The summed E-state index contributed by atoms with van der Waals surface area (Å²) in [5, 5.41) is 6.26. The monoisotopic (exact) mass is 334 g/mol. The molecule has 3 rings (SSSR count). The second-order valence-electron chi connectivity index (χ2n) is 6.97. The number of carbonyl (C=O) groups is 1. The largest absolute Gasteiger partial charge is 0.486 e. The number of fused-ring (bicyclic) bond motifs is 1. The highest BCUT2D eigenvalue weighted by Crippen LogP contribution is 2.34. The van der Waals surface area contributed by atoms with Gasteiger partial charge in [0, 0.05) is 18.5 Å². The maximum atomic E-state index is 12.4. The summed E-state index contributed by atoms with van der Waals surface area (Å²) in [5.74, 6) is 1.53. The molecule has 0 radical (unpaired) electrons. The summed E-state index contributed by atoms with van der Waals surface area (Å²) in [4.78, 5) is 12.4. The molecule has 1 saturated heterocycles. The summed E-state index contributed by atoms with van der Waals surface area (Å²) in [5.41, 5.74) is 0.887. The predicted octanol–water partition coefficient (Wildman–Crippen LogP) is 1.23. The quantitative estimate of drug-likeness (QED) is 0.867. The van der Waals surface area contributed by atoms with Gasteiger partial charge >= 0.3 is 0 Å². The van der Waals surface area contributed by atoms with E-state index in [2.05, 4.69) is 24.5 Å². The predicted molar refractivity (Wildman–Crippen MR) is 90.7 cm³/mol. The van der Waals surface area contributed by atoms with E-state index < -0.39 is 0 Å². The van der Waals surface area contributed by atoms with Crippen LogP contribution in [-0.2, 0) is 14.9 Å². The van der Waals surface area contributed by atoms with E-state index in [0.717, 1.165) is 17.1 Å². The molecule has 2 N–H and O–H groups in total. The Morgan fingerprint density at radius 1 is 1.25 bits per heavy atom. The number of benzene rings is 1. The van der Waals surface area contributed by atoms with Crippen LogP contribution in [0.2, 0.25) is 0 Å². The Morgan fingerprint density at radius 3 is 2.75 bits per heavy atom. The zero-order valence-corrected chi connectivity index (χ0v) is 14.6. The number of hydrogen-bond acceptors (Lipinski definition) is 5. The first-order chi connectivity index (χ1) is 11.5. The number of carbonyl (C=O) groups excluding carboxylic acids is 1. The van der Waals surface area contributed by atoms with Gasteiger partial charge in [0.15, 0.2) is 11.5 Å². The molecule has 132 valence electrons. The molecular formula is C18H26N2O4. The highest BCUT2D eigenvalue weighted by atomic mass is 16.6. The topological polar surface area (TPSA) is 68.8 Å². The van der Waals surface area contributed by atoms with Gasteiger partial charge in [0.2, 0.25) is 5.91 Å². The van der Waals surface area contributed by atoms with Gasteiger partial charge in [0.1, 0.15) is 19.3 Å². The van der Waals surface area contributed by atoms with Crippen molar-refractivity contribution in [3.8, 4) is 11.5 Å². The Labute approximate surface area is 142 Å². The lowest BCUT2D eigenvalue weighted by Crippen LogP contribution is -2.56. The summed E-state index contributed by atoms with van der Waals surface area (Å²) in [6, 6.07) is 5.68. The third-order valence-corrected chi connectivity index (χ3v) is 4.63. The van der Waals surface area contributed by atoms with Crippen LogP contribution in [0.4, 0.5) is 0 Å². The molecular weight excluding hydrogens is 308 g/mol. The molecule has 2 atom stereocenters. The number of rotatable bonds is 4. The lowest BCUT2D eigenvalue weighted by Gasteiger charge is -2.32. The molecule has 0 spiro atoms. The number of amides is 1. The smallest absolute Gasteiger partial charge is 0.239 e. The molecule has 1 amide bonds. The lowest BCUT2D eigenvalue weighted by atomic mass is 9.84. The molecule has 6 heteroatoms. The first kappa shape index (κ1) is 17.0. The maximum absolute atomic E-state index is 12.4. The number of ether oxygens (including phenoxy) is 3. The van der Waals surface area contributed by atoms with Gasteiger partial charge in [-0.3, -0.25) is 4.79 Å². The minimum absolute atomic E-state index is 0.0205. The van der Waals surface area contributed by atoms with Crippen LogP contribution in [0.15, 0.2) is 18.2 Å². The summed E-state index contributed by atoms with van der Waals surface area (Å²) in [6.45, 7) is 9.17. The Balaban J connectivity index is 1.64. The van der Waals surface area contributed by atoms with E-state index in [4.69, 9.17) is 14.2 Å². The van der Waals surface area contributed by atoms with Gasteiger partial charge in [0.05, 0.1) is 12.7 Å². The van der Waals surface area contributed by atoms with Crippen molar-refractivity contribution in [2.24, 2.45) is 0 Å². The molecule has 1 aromatic rings. The second-order valence-corrected chi connectivity index (χ2v) is 6.97. The van der Waals surface area contributed by atoms with Crippen molar-refractivity contribution in [3.05, 3.63) is 23.8 Å². The van der Waals surface area contributed by atoms with E-state index in [9.17, 15) is 4.79 Å². The molecule has 2 aliphatic heterocycles. The van der Waals surface area contributed by atoms with E-state index in [1.165, 1.54) is 0 Å². The van der Waals surface area contributed by atoms with E-state index in [-0.39, 0.29) is 23.5 Å². The summed E-state index contributed by atoms with van der Waals surface area (Å²) in [6.07, 6.45) is -0.115. The fourth-order valence-corrected chi connectivity index (χ4v) is 3.01. The first-order valence-electron chi connectivity index (χ1n) is 8.50. The molecule has 0 aliphatic carbocycles. The zero-order valence-electron chi connectivity index (χ0n) is 14.6. The van der Waals surface area contributed by atoms with Crippen molar-refractivity contribution in [2.75, 3.05) is 32.9 Å². The van der Waals surface area contributed by atoms with Gasteiger partial charge in [-0.15, -0.1) is 0 Å². The lowest BCUT2D eigenvalue weighted by molar-refractivity contribution is -0.129. The van der Waals surface area contributed by atoms with E-state index in [1.807, 2.05) is 25.1 Å². The highest BCUT2D eigenvalue weighted by molar-refractivity contribution is 5.82. The zero-order chi connectivity index (χ0) is 17.2. The Kier molecular flexibility index (Phi) is 4.96. The van der Waals surface area contributed by atoms with E-state index in [0.29, 0.717) is 32.9 Å².